The van der Waals surface area contributed by atoms with Gasteiger partial charge in [-0.1, -0.05) is 34.6 Å². The Balaban J connectivity index is 0. The van der Waals surface area contributed by atoms with Crippen LogP contribution in [0.25, 0.3) is 0 Å². The summed E-state index contributed by atoms with van der Waals surface area (Å²) in [6, 6.07) is 0. The van der Waals surface area contributed by atoms with Crippen molar-refractivity contribution in [3.63, 3.8) is 0 Å². The molecule has 0 unspecified atom stereocenters. The Kier molecular flexibility index (Phi) is 16.1. The Hall–Kier alpha value is -0.0800. The molecule has 0 aromatic carbocycles. The number of hydrogen-bond donors (Lipinski definition) is 0. The van der Waals surface area contributed by atoms with Crippen molar-refractivity contribution in [3.8, 4) is 0 Å². The molecule has 0 N–H and O–H groups in total. The molecule has 0 amide bonds. The third-order valence-electron chi connectivity index (χ3n) is 2.61. The molecule has 0 fully saturated rings. The van der Waals surface area contributed by atoms with E-state index in [0.29, 0.717) is 0 Å². The Labute approximate surface area is 97.6 Å². The summed E-state index contributed by atoms with van der Waals surface area (Å²) in [5, 5.41) is 0. The molecule has 2 heteroatoms. The second kappa shape index (κ2) is 13.9. The van der Waals surface area contributed by atoms with E-state index in [9.17, 15) is 0 Å². The second-order valence-electron chi connectivity index (χ2n) is 3.92. The molecule has 0 saturated heterocycles. The van der Waals surface area contributed by atoms with Crippen LogP contribution in [0.4, 0.5) is 0 Å². The van der Waals surface area contributed by atoms with Gasteiger partial charge in [0.2, 0.25) is 0 Å². The fourth-order valence-corrected chi connectivity index (χ4v) is 1.28. The lowest BCUT2D eigenvalue weighted by atomic mass is 10.3. The molecule has 0 atom stereocenters. The van der Waals surface area contributed by atoms with Crippen molar-refractivity contribution in [1.29, 1.82) is 0 Å². The van der Waals surface area contributed by atoms with Gasteiger partial charge in [-0.2, -0.15) is 0 Å². The first-order valence-electron chi connectivity index (χ1n) is 6.56. The lowest BCUT2D eigenvalue weighted by molar-refractivity contribution is 0.289. The van der Waals surface area contributed by atoms with E-state index >= 15 is 0 Å². The predicted octanol–water partition coefficient (Wildman–Crippen LogP) is 3.09. The van der Waals surface area contributed by atoms with Gasteiger partial charge < -0.3 is 9.80 Å². The van der Waals surface area contributed by atoms with Crippen LogP contribution in [-0.4, -0.2) is 49.6 Å². The summed E-state index contributed by atoms with van der Waals surface area (Å²) in [6.45, 7) is 17.1. The van der Waals surface area contributed by atoms with Crippen molar-refractivity contribution in [2.45, 2.75) is 47.5 Å². The van der Waals surface area contributed by atoms with Gasteiger partial charge in [0.15, 0.2) is 0 Å². The van der Waals surface area contributed by atoms with Gasteiger partial charge in [-0.25, -0.2) is 0 Å². The standard InChI is InChI=1S/C8H19N.C5H13N/c1-4-7-9(6-3)8-5-2;1-4-6(3)5-2/h4-8H2,1-3H3;4-5H2,1-3H3. The molecule has 0 aliphatic carbocycles. The molecule has 0 radical (unpaired) electrons. The lowest BCUT2D eigenvalue weighted by Crippen LogP contribution is -2.24. The first-order valence-corrected chi connectivity index (χ1v) is 6.56. The molecular weight excluding hydrogens is 184 g/mol. The van der Waals surface area contributed by atoms with Crippen molar-refractivity contribution < 1.29 is 0 Å². The smallest absolute Gasteiger partial charge is 0.00215 e. The molecule has 0 heterocycles. The lowest BCUT2D eigenvalue weighted by Gasteiger charge is -2.17. The number of rotatable bonds is 7. The van der Waals surface area contributed by atoms with Crippen molar-refractivity contribution in [3.05, 3.63) is 0 Å². The molecule has 2 nitrogen and oxygen atoms in total. The second-order valence-corrected chi connectivity index (χ2v) is 3.92. The molecule has 0 rings (SSSR count). The molecule has 0 aliphatic rings. The highest BCUT2D eigenvalue weighted by atomic mass is 15.1. The zero-order valence-corrected chi connectivity index (χ0v) is 11.8. The van der Waals surface area contributed by atoms with Gasteiger partial charge in [0, 0.05) is 0 Å². The third kappa shape index (κ3) is 13.9. The number of hydrogen-bond acceptors (Lipinski definition) is 2. The Bertz CT molecular complexity index is 94.7. The van der Waals surface area contributed by atoms with Crippen LogP contribution in [0.5, 0.6) is 0 Å². The molecular formula is C13H32N2. The fraction of sp³-hybridized carbons (Fsp3) is 1.00. The summed E-state index contributed by atoms with van der Waals surface area (Å²) in [7, 11) is 2.11. The van der Waals surface area contributed by atoms with E-state index in [1.54, 1.807) is 0 Å². The van der Waals surface area contributed by atoms with Gasteiger partial charge in [0.25, 0.3) is 0 Å². The van der Waals surface area contributed by atoms with E-state index in [2.05, 4.69) is 51.5 Å². The van der Waals surface area contributed by atoms with E-state index in [-0.39, 0.29) is 0 Å². The highest BCUT2D eigenvalue weighted by molar-refractivity contribution is 4.50. The van der Waals surface area contributed by atoms with Gasteiger partial charge in [0.1, 0.15) is 0 Å². The van der Waals surface area contributed by atoms with Crippen LogP contribution in [0, 0.1) is 0 Å². The van der Waals surface area contributed by atoms with Gasteiger partial charge >= 0.3 is 0 Å². The zero-order chi connectivity index (χ0) is 12.1. The van der Waals surface area contributed by atoms with Crippen LogP contribution in [0.1, 0.15) is 47.5 Å². The SMILES string of the molecule is CCCN(CC)CCC.CCN(C)CC. The van der Waals surface area contributed by atoms with Crippen LogP contribution < -0.4 is 0 Å². The Morgan fingerprint density at radius 3 is 1.20 bits per heavy atom. The van der Waals surface area contributed by atoms with Crippen LogP contribution >= 0.6 is 0 Å². The van der Waals surface area contributed by atoms with Crippen LogP contribution in [0.15, 0.2) is 0 Å². The summed E-state index contributed by atoms with van der Waals surface area (Å²) in [5.41, 5.74) is 0. The summed E-state index contributed by atoms with van der Waals surface area (Å²) in [4.78, 5) is 4.74. The highest BCUT2D eigenvalue weighted by Gasteiger charge is 1.95. The maximum Gasteiger partial charge on any atom is -0.00215 e. The number of nitrogens with zero attached hydrogens (tertiary/aromatic N) is 2. The van der Waals surface area contributed by atoms with Crippen molar-refractivity contribution >= 4 is 0 Å². The van der Waals surface area contributed by atoms with E-state index in [0.717, 1.165) is 13.1 Å². The minimum Gasteiger partial charge on any atom is -0.307 e. The first kappa shape index (κ1) is 17.3. The summed E-state index contributed by atoms with van der Waals surface area (Å²) >= 11 is 0. The molecule has 15 heavy (non-hydrogen) atoms. The van der Waals surface area contributed by atoms with E-state index in [1.165, 1.54) is 32.5 Å². The molecule has 0 saturated carbocycles. The fourth-order valence-electron chi connectivity index (χ4n) is 1.28. The monoisotopic (exact) mass is 216 g/mol. The quantitative estimate of drug-likeness (QED) is 0.645. The predicted molar refractivity (Wildman–Crippen MR) is 71.5 cm³/mol. The Morgan fingerprint density at radius 1 is 0.667 bits per heavy atom. The van der Waals surface area contributed by atoms with Crippen LogP contribution in [0.2, 0.25) is 0 Å². The Morgan fingerprint density at radius 2 is 1.07 bits per heavy atom. The minimum atomic E-state index is 1.16. The van der Waals surface area contributed by atoms with E-state index < -0.39 is 0 Å². The van der Waals surface area contributed by atoms with Crippen LogP contribution in [0.3, 0.4) is 0 Å². The van der Waals surface area contributed by atoms with E-state index in [1.807, 2.05) is 0 Å². The average molecular weight is 216 g/mol. The van der Waals surface area contributed by atoms with Gasteiger partial charge in [0.05, 0.1) is 0 Å². The average Bonchev–Trinajstić information content (AvgIpc) is 2.28. The van der Waals surface area contributed by atoms with Gasteiger partial charge in [-0.3, -0.25) is 0 Å². The molecule has 0 aliphatic heterocycles. The van der Waals surface area contributed by atoms with Crippen LogP contribution in [-0.2, 0) is 0 Å². The summed E-state index contributed by atoms with van der Waals surface area (Å²) in [5.74, 6) is 0. The van der Waals surface area contributed by atoms with E-state index in [4.69, 9.17) is 0 Å². The summed E-state index contributed by atoms with van der Waals surface area (Å²) < 4.78 is 0. The maximum atomic E-state index is 2.49. The van der Waals surface area contributed by atoms with Crippen molar-refractivity contribution in [2.24, 2.45) is 0 Å². The molecule has 0 bridgehead atoms. The summed E-state index contributed by atoms with van der Waals surface area (Å²) in [6.07, 6.45) is 2.57. The highest BCUT2D eigenvalue weighted by Crippen LogP contribution is 1.91. The molecule has 94 valence electrons. The van der Waals surface area contributed by atoms with Crippen molar-refractivity contribution in [2.75, 3.05) is 39.8 Å². The normalized spacial score (nSPS) is 10.4. The first-order chi connectivity index (χ1) is 7.15. The van der Waals surface area contributed by atoms with Gasteiger partial charge in [-0.05, 0) is 52.6 Å². The zero-order valence-electron chi connectivity index (χ0n) is 11.8. The minimum absolute atomic E-state index is 1.16. The van der Waals surface area contributed by atoms with Crippen molar-refractivity contribution in [1.82, 2.24) is 9.80 Å². The topological polar surface area (TPSA) is 6.48 Å². The molecule has 0 spiro atoms. The largest absolute Gasteiger partial charge is 0.307 e. The molecule has 0 aromatic heterocycles. The maximum absolute atomic E-state index is 2.49. The van der Waals surface area contributed by atoms with Gasteiger partial charge in [-0.15, -0.1) is 0 Å². The third-order valence-corrected chi connectivity index (χ3v) is 2.61. The molecule has 0 aromatic rings.